The summed E-state index contributed by atoms with van der Waals surface area (Å²) in [5.41, 5.74) is 2.94. The number of carbonyl (C=O) groups excluding carboxylic acids is 2. The second-order valence-corrected chi connectivity index (χ2v) is 7.99. The molecule has 0 bridgehead atoms. The molecular formula is C24H28ClN3O5. The minimum absolute atomic E-state index is 0. The summed E-state index contributed by atoms with van der Waals surface area (Å²) in [6.45, 7) is 4.85. The fourth-order valence-electron chi connectivity index (χ4n) is 3.83. The Balaban J connectivity index is 0.00000306. The normalized spacial score (nSPS) is 17.1. The van der Waals surface area contributed by atoms with E-state index in [0.29, 0.717) is 63.0 Å². The number of morpholine rings is 1. The molecule has 2 aliphatic rings. The van der Waals surface area contributed by atoms with Gasteiger partial charge in [0.2, 0.25) is 0 Å². The summed E-state index contributed by atoms with van der Waals surface area (Å²) in [4.78, 5) is 25.8. The zero-order valence-corrected chi connectivity index (χ0v) is 19.3. The largest absolute Gasteiger partial charge is 0.493 e. The predicted octanol–water partition coefficient (Wildman–Crippen LogP) is 3.13. The number of hydrogen-bond donors (Lipinski definition) is 2. The Bertz CT molecular complexity index is 1010. The van der Waals surface area contributed by atoms with Crippen molar-refractivity contribution in [2.24, 2.45) is 5.92 Å². The fourth-order valence-corrected chi connectivity index (χ4v) is 3.83. The van der Waals surface area contributed by atoms with Crippen LogP contribution in [0.25, 0.3) is 0 Å². The summed E-state index contributed by atoms with van der Waals surface area (Å²) in [5.74, 6) is 0.795. The van der Waals surface area contributed by atoms with E-state index in [-0.39, 0.29) is 30.2 Å². The number of rotatable bonds is 5. The lowest BCUT2D eigenvalue weighted by Crippen LogP contribution is -2.40. The molecular weight excluding hydrogens is 446 g/mol. The van der Waals surface area contributed by atoms with Crippen molar-refractivity contribution in [1.29, 1.82) is 5.41 Å². The minimum Gasteiger partial charge on any atom is -0.493 e. The average molecular weight is 474 g/mol. The van der Waals surface area contributed by atoms with Crippen molar-refractivity contribution < 1.29 is 23.8 Å². The molecule has 1 amide bonds. The lowest BCUT2D eigenvalue weighted by molar-refractivity contribution is -0.142. The summed E-state index contributed by atoms with van der Waals surface area (Å²) in [6.07, 6.45) is 0.713. The van der Waals surface area contributed by atoms with Gasteiger partial charge in [-0.15, -0.1) is 12.4 Å². The summed E-state index contributed by atoms with van der Waals surface area (Å²) >= 11 is 0. The maximum absolute atomic E-state index is 12.7. The number of hydrogen-bond acceptors (Lipinski definition) is 6. The van der Waals surface area contributed by atoms with Crippen LogP contribution in [0, 0.1) is 11.3 Å². The molecule has 2 N–H and O–H groups in total. The van der Waals surface area contributed by atoms with Crippen LogP contribution in [0.4, 0.5) is 5.69 Å². The molecule has 1 fully saturated rings. The number of amidine groups is 1. The number of carbonyl (C=O) groups is 2. The van der Waals surface area contributed by atoms with Crippen LogP contribution in [0.2, 0.25) is 0 Å². The van der Waals surface area contributed by atoms with Gasteiger partial charge in [0.05, 0.1) is 26.4 Å². The van der Waals surface area contributed by atoms with E-state index in [2.05, 4.69) is 5.32 Å². The van der Waals surface area contributed by atoms with Gasteiger partial charge in [0, 0.05) is 42.7 Å². The molecule has 2 aromatic rings. The molecule has 0 aliphatic carbocycles. The number of nitrogens with one attached hydrogen (secondary N) is 2. The predicted molar refractivity (Wildman–Crippen MR) is 127 cm³/mol. The molecule has 1 atom stereocenters. The van der Waals surface area contributed by atoms with Crippen LogP contribution in [-0.4, -0.2) is 62.1 Å². The van der Waals surface area contributed by atoms with Crippen LogP contribution < -0.4 is 10.1 Å². The summed E-state index contributed by atoms with van der Waals surface area (Å²) in [6, 6.07) is 12.6. The second kappa shape index (κ2) is 11.2. The topological polar surface area (TPSA) is 101 Å². The Hall–Kier alpha value is -3.10. The quantitative estimate of drug-likeness (QED) is 0.393. The van der Waals surface area contributed by atoms with Crippen LogP contribution in [0.3, 0.4) is 0 Å². The molecule has 1 saturated heterocycles. The van der Waals surface area contributed by atoms with E-state index in [9.17, 15) is 9.59 Å². The molecule has 0 saturated carbocycles. The van der Waals surface area contributed by atoms with Crippen molar-refractivity contribution in [3.63, 3.8) is 0 Å². The number of halogens is 1. The lowest BCUT2D eigenvalue weighted by Gasteiger charge is -2.29. The first kappa shape index (κ1) is 24.5. The zero-order valence-electron chi connectivity index (χ0n) is 18.5. The van der Waals surface area contributed by atoms with Crippen LogP contribution in [0.1, 0.15) is 28.4 Å². The number of anilines is 1. The third-order valence-electron chi connectivity index (χ3n) is 5.57. The van der Waals surface area contributed by atoms with Crippen molar-refractivity contribution in [3.8, 4) is 5.75 Å². The van der Waals surface area contributed by atoms with Crippen molar-refractivity contribution >= 4 is 35.8 Å². The van der Waals surface area contributed by atoms with Crippen LogP contribution in [-0.2, 0) is 20.7 Å². The van der Waals surface area contributed by atoms with E-state index in [1.165, 1.54) is 6.92 Å². The SMILES string of the molecule is CC(=O)OCC1COc2ccc(NC(=O)c3ccc(C(=N)N4CCOCC4)cc3)cc2C1.Cl. The monoisotopic (exact) mass is 473 g/mol. The summed E-state index contributed by atoms with van der Waals surface area (Å²) in [5, 5.41) is 11.3. The fraction of sp³-hybridized carbons (Fsp3) is 0.375. The molecule has 8 nitrogen and oxygen atoms in total. The van der Waals surface area contributed by atoms with Gasteiger partial charge in [-0.1, -0.05) is 12.1 Å². The highest BCUT2D eigenvalue weighted by molar-refractivity contribution is 6.05. The highest BCUT2D eigenvalue weighted by Crippen LogP contribution is 2.30. The van der Waals surface area contributed by atoms with Gasteiger partial charge in [-0.2, -0.15) is 0 Å². The maximum atomic E-state index is 12.7. The zero-order chi connectivity index (χ0) is 22.5. The van der Waals surface area contributed by atoms with E-state index in [4.69, 9.17) is 19.6 Å². The molecule has 1 unspecified atom stereocenters. The highest BCUT2D eigenvalue weighted by Gasteiger charge is 2.22. The second-order valence-electron chi connectivity index (χ2n) is 7.99. The number of benzene rings is 2. The van der Waals surface area contributed by atoms with E-state index in [1.54, 1.807) is 24.3 Å². The van der Waals surface area contributed by atoms with Gasteiger partial charge in [-0.3, -0.25) is 15.0 Å². The van der Waals surface area contributed by atoms with Crippen molar-refractivity contribution in [3.05, 3.63) is 59.2 Å². The van der Waals surface area contributed by atoms with Gasteiger partial charge in [-0.25, -0.2) is 0 Å². The minimum atomic E-state index is -0.303. The lowest BCUT2D eigenvalue weighted by atomic mass is 9.97. The first-order chi connectivity index (χ1) is 15.5. The Kier molecular flexibility index (Phi) is 8.30. The Labute approximate surface area is 199 Å². The Morgan fingerprint density at radius 2 is 1.82 bits per heavy atom. The maximum Gasteiger partial charge on any atom is 0.302 e. The summed E-state index contributed by atoms with van der Waals surface area (Å²) in [7, 11) is 0. The number of ether oxygens (including phenoxy) is 3. The first-order valence-electron chi connectivity index (χ1n) is 10.7. The van der Waals surface area contributed by atoms with Crippen molar-refractivity contribution in [2.75, 3.05) is 44.8 Å². The molecule has 176 valence electrons. The van der Waals surface area contributed by atoms with E-state index < -0.39 is 0 Å². The molecule has 4 rings (SSSR count). The van der Waals surface area contributed by atoms with Crippen LogP contribution in [0.5, 0.6) is 5.75 Å². The molecule has 0 radical (unpaired) electrons. The van der Waals surface area contributed by atoms with E-state index in [1.807, 2.05) is 23.1 Å². The number of amides is 1. The smallest absolute Gasteiger partial charge is 0.302 e. The molecule has 0 aromatic heterocycles. The van der Waals surface area contributed by atoms with Gasteiger partial charge < -0.3 is 24.4 Å². The standard InChI is InChI=1S/C24H27N3O5.ClH/c1-16(28)31-14-17-12-20-13-21(6-7-22(20)32-15-17)26-24(29)19-4-2-18(3-5-19)23(25)27-8-10-30-11-9-27;/h2-7,13,17,25H,8-12,14-15H2,1H3,(H,26,29);1H. The van der Waals surface area contributed by atoms with Gasteiger partial charge in [0.15, 0.2) is 0 Å². The average Bonchev–Trinajstić information content (AvgIpc) is 2.82. The van der Waals surface area contributed by atoms with Gasteiger partial charge in [0.1, 0.15) is 11.6 Å². The van der Waals surface area contributed by atoms with Crippen LogP contribution >= 0.6 is 12.4 Å². The van der Waals surface area contributed by atoms with Crippen molar-refractivity contribution in [1.82, 2.24) is 4.90 Å². The third kappa shape index (κ3) is 6.24. The molecule has 2 aliphatic heterocycles. The Morgan fingerprint density at radius 3 is 2.52 bits per heavy atom. The molecule has 9 heteroatoms. The van der Waals surface area contributed by atoms with E-state index in [0.717, 1.165) is 16.9 Å². The van der Waals surface area contributed by atoms with E-state index >= 15 is 0 Å². The molecule has 2 heterocycles. The Morgan fingerprint density at radius 1 is 1.12 bits per heavy atom. The molecule has 0 spiro atoms. The van der Waals surface area contributed by atoms with Gasteiger partial charge >= 0.3 is 5.97 Å². The number of esters is 1. The molecule has 33 heavy (non-hydrogen) atoms. The van der Waals surface area contributed by atoms with Crippen LogP contribution in [0.15, 0.2) is 42.5 Å². The first-order valence-corrected chi connectivity index (χ1v) is 10.7. The third-order valence-corrected chi connectivity index (χ3v) is 5.57. The van der Waals surface area contributed by atoms with Gasteiger partial charge in [-0.05, 0) is 42.3 Å². The van der Waals surface area contributed by atoms with Crippen molar-refractivity contribution in [2.45, 2.75) is 13.3 Å². The molecule has 2 aromatic carbocycles. The highest BCUT2D eigenvalue weighted by atomic mass is 35.5. The van der Waals surface area contributed by atoms with Gasteiger partial charge in [0.25, 0.3) is 5.91 Å². The summed E-state index contributed by atoms with van der Waals surface area (Å²) < 4.78 is 16.2. The number of nitrogens with zero attached hydrogens (tertiary/aromatic N) is 1. The number of fused-ring (bicyclic) bond motifs is 1.